The van der Waals surface area contributed by atoms with E-state index >= 15 is 0 Å². The lowest BCUT2D eigenvalue weighted by Gasteiger charge is -2.10. The van der Waals surface area contributed by atoms with Crippen LogP contribution in [0.15, 0.2) is 48.7 Å². The molecule has 0 spiro atoms. The van der Waals surface area contributed by atoms with Crippen molar-refractivity contribution in [2.45, 2.75) is 0 Å². The second-order valence-electron chi connectivity index (χ2n) is 4.36. The normalized spacial score (nSPS) is 10.7. The van der Waals surface area contributed by atoms with E-state index in [0.29, 0.717) is 17.2 Å². The Morgan fingerprint density at radius 2 is 1.85 bits per heavy atom. The molecule has 0 radical (unpaired) electrons. The molecule has 0 aliphatic heterocycles. The van der Waals surface area contributed by atoms with Gasteiger partial charge in [-0.2, -0.15) is 0 Å². The Hall–Kier alpha value is -2.69. The van der Waals surface area contributed by atoms with Crippen LogP contribution in [0.2, 0.25) is 0 Å². The first-order valence-corrected chi connectivity index (χ1v) is 6.00. The van der Waals surface area contributed by atoms with E-state index in [0.717, 1.165) is 22.9 Å². The zero-order valence-electron chi connectivity index (χ0n) is 10.4. The number of nitrogens with zero attached hydrogens (tertiary/aromatic N) is 1. The molecule has 0 aliphatic rings. The topological polar surface area (TPSA) is 50.9 Å². The van der Waals surface area contributed by atoms with Gasteiger partial charge in [-0.25, -0.2) is 13.8 Å². The summed E-state index contributed by atoms with van der Waals surface area (Å²) in [6.07, 6.45) is 1.63. The Kier molecular flexibility index (Phi) is 2.95. The number of hydrogen-bond acceptors (Lipinski definition) is 3. The zero-order chi connectivity index (χ0) is 14.1. The smallest absolute Gasteiger partial charge is 0.160 e. The Bertz CT molecular complexity index is 782. The van der Waals surface area contributed by atoms with Crippen molar-refractivity contribution in [3.63, 3.8) is 0 Å². The highest BCUT2D eigenvalue weighted by molar-refractivity contribution is 6.01. The molecule has 5 heteroatoms. The number of anilines is 3. The van der Waals surface area contributed by atoms with Gasteiger partial charge in [0.25, 0.3) is 0 Å². The highest BCUT2D eigenvalue weighted by atomic mass is 19.2. The fraction of sp³-hybridized carbons (Fsp3) is 0. The highest BCUT2D eigenvalue weighted by Crippen LogP contribution is 2.29. The summed E-state index contributed by atoms with van der Waals surface area (Å²) in [5, 5.41) is 4.63. The summed E-state index contributed by atoms with van der Waals surface area (Å²) in [4.78, 5) is 4.21. The molecule has 1 aromatic heterocycles. The minimum Gasteiger partial charge on any atom is -0.398 e. The van der Waals surface area contributed by atoms with Gasteiger partial charge in [0.15, 0.2) is 11.6 Å². The second kappa shape index (κ2) is 4.77. The number of nitrogens with two attached hydrogens (primary N) is 1. The van der Waals surface area contributed by atoms with E-state index in [-0.39, 0.29) is 0 Å². The predicted molar refractivity (Wildman–Crippen MR) is 75.8 cm³/mol. The van der Waals surface area contributed by atoms with Crippen molar-refractivity contribution in [3.05, 3.63) is 60.3 Å². The lowest BCUT2D eigenvalue weighted by atomic mass is 10.1. The van der Waals surface area contributed by atoms with Crippen molar-refractivity contribution in [2.75, 3.05) is 11.1 Å². The van der Waals surface area contributed by atoms with E-state index in [9.17, 15) is 8.78 Å². The maximum atomic E-state index is 13.2. The Morgan fingerprint density at radius 1 is 1.00 bits per heavy atom. The molecular weight excluding hydrogens is 260 g/mol. The van der Waals surface area contributed by atoms with Crippen LogP contribution in [-0.2, 0) is 0 Å². The first kappa shape index (κ1) is 12.3. The molecule has 0 unspecified atom stereocenters. The minimum atomic E-state index is -0.914. The van der Waals surface area contributed by atoms with Crippen molar-refractivity contribution >= 4 is 28.0 Å². The standard InChI is InChI=1S/C15H11F2N3/c16-11-5-4-10(8-12(11)17)20-15-14-9(6-7-19-15)2-1-3-13(14)18/h1-8H,18H2,(H,19,20). The van der Waals surface area contributed by atoms with Gasteiger partial charge in [0.2, 0.25) is 0 Å². The van der Waals surface area contributed by atoms with Gasteiger partial charge in [0, 0.05) is 29.0 Å². The summed E-state index contributed by atoms with van der Waals surface area (Å²) in [7, 11) is 0. The van der Waals surface area contributed by atoms with Crippen molar-refractivity contribution < 1.29 is 8.78 Å². The molecule has 2 aromatic carbocycles. The molecule has 0 saturated heterocycles. The summed E-state index contributed by atoms with van der Waals surface area (Å²) in [5.41, 5.74) is 6.93. The number of fused-ring (bicyclic) bond motifs is 1. The van der Waals surface area contributed by atoms with E-state index in [1.54, 1.807) is 12.3 Å². The maximum absolute atomic E-state index is 13.2. The summed E-state index contributed by atoms with van der Waals surface area (Å²) >= 11 is 0. The molecular formula is C15H11F2N3. The summed E-state index contributed by atoms with van der Waals surface area (Å²) in [5.74, 6) is -1.30. The third kappa shape index (κ3) is 2.14. The summed E-state index contributed by atoms with van der Waals surface area (Å²) < 4.78 is 26.1. The van der Waals surface area contributed by atoms with Crippen LogP contribution in [0.3, 0.4) is 0 Å². The largest absolute Gasteiger partial charge is 0.398 e. The molecule has 1 heterocycles. The number of aromatic nitrogens is 1. The Labute approximate surface area is 114 Å². The molecule has 3 nitrogen and oxygen atoms in total. The van der Waals surface area contributed by atoms with Gasteiger partial charge in [-0.1, -0.05) is 12.1 Å². The zero-order valence-corrected chi connectivity index (χ0v) is 10.4. The Balaban J connectivity index is 2.08. The fourth-order valence-corrected chi connectivity index (χ4v) is 2.06. The molecule has 100 valence electrons. The monoisotopic (exact) mass is 271 g/mol. The van der Waals surface area contributed by atoms with Crippen molar-refractivity contribution in [2.24, 2.45) is 0 Å². The van der Waals surface area contributed by atoms with Gasteiger partial charge in [-0.15, -0.1) is 0 Å². The molecule has 0 fully saturated rings. The molecule has 0 atom stereocenters. The van der Waals surface area contributed by atoms with Crippen molar-refractivity contribution in [1.82, 2.24) is 4.98 Å². The SMILES string of the molecule is Nc1cccc2ccnc(Nc3ccc(F)c(F)c3)c12. The minimum absolute atomic E-state index is 0.409. The van der Waals surface area contributed by atoms with Gasteiger partial charge < -0.3 is 11.1 Å². The van der Waals surface area contributed by atoms with Crippen LogP contribution < -0.4 is 11.1 Å². The number of hydrogen-bond donors (Lipinski definition) is 2. The van der Waals surface area contributed by atoms with Gasteiger partial charge in [0.1, 0.15) is 5.82 Å². The number of halogens is 2. The average Bonchev–Trinajstić information content (AvgIpc) is 2.43. The molecule has 20 heavy (non-hydrogen) atoms. The van der Waals surface area contributed by atoms with Crippen molar-refractivity contribution in [1.29, 1.82) is 0 Å². The second-order valence-corrected chi connectivity index (χ2v) is 4.36. The number of rotatable bonds is 2. The van der Waals surface area contributed by atoms with Crippen LogP contribution in [0.25, 0.3) is 10.8 Å². The van der Waals surface area contributed by atoms with E-state index in [1.807, 2.05) is 18.2 Å². The van der Waals surface area contributed by atoms with Gasteiger partial charge in [-0.3, -0.25) is 0 Å². The molecule has 0 bridgehead atoms. The van der Waals surface area contributed by atoms with E-state index in [4.69, 9.17) is 5.73 Å². The fourth-order valence-electron chi connectivity index (χ4n) is 2.06. The van der Waals surface area contributed by atoms with Crippen molar-refractivity contribution in [3.8, 4) is 0 Å². The lowest BCUT2D eigenvalue weighted by molar-refractivity contribution is 0.509. The molecule has 3 N–H and O–H groups in total. The van der Waals surface area contributed by atoms with Crippen LogP contribution in [0.1, 0.15) is 0 Å². The van der Waals surface area contributed by atoms with Gasteiger partial charge in [-0.05, 0) is 29.7 Å². The highest BCUT2D eigenvalue weighted by Gasteiger charge is 2.08. The first-order valence-electron chi connectivity index (χ1n) is 6.00. The average molecular weight is 271 g/mol. The molecule has 0 saturated carbocycles. The van der Waals surface area contributed by atoms with Gasteiger partial charge in [0.05, 0.1) is 0 Å². The van der Waals surface area contributed by atoms with E-state index in [2.05, 4.69) is 10.3 Å². The number of nitrogen functional groups attached to an aromatic ring is 1. The number of nitrogens with one attached hydrogen (secondary N) is 1. The Morgan fingerprint density at radius 3 is 2.65 bits per heavy atom. The summed E-state index contributed by atoms with van der Waals surface area (Å²) in [6, 6.07) is 10.9. The number of pyridine rings is 1. The molecule has 0 aliphatic carbocycles. The molecule has 3 rings (SSSR count). The predicted octanol–water partition coefficient (Wildman–Crippen LogP) is 3.84. The first-order chi connectivity index (χ1) is 9.65. The quantitative estimate of drug-likeness (QED) is 0.696. The third-order valence-electron chi connectivity index (χ3n) is 3.01. The van der Waals surface area contributed by atoms with Gasteiger partial charge >= 0.3 is 0 Å². The van der Waals surface area contributed by atoms with Crippen LogP contribution in [0.5, 0.6) is 0 Å². The van der Waals surface area contributed by atoms with Crippen LogP contribution in [0, 0.1) is 11.6 Å². The van der Waals surface area contributed by atoms with E-state index in [1.165, 1.54) is 6.07 Å². The molecule has 3 aromatic rings. The maximum Gasteiger partial charge on any atom is 0.160 e. The third-order valence-corrected chi connectivity index (χ3v) is 3.01. The lowest BCUT2D eigenvalue weighted by Crippen LogP contribution is -1.98. The number of benzene rings is 2. The van der Waals surface area contributed by atoms with Crippen LogP contribution in [0.4, 0.5) is 26.0 Å². The van der Waals surface area contributed by atoms with Crippen LogP contribution >= 0.6 is 0 Å². The van der Waals surface area contributed by atoms with E-state index < -0.39 is 11.6 Å². The molecule has 0 amide bonds. The van der Waals surface area contributed by atoms with Crippen LogP contribution in [-0.4, -0.2) is 4.98 Å². The summed E-state index contributed by atoms with van der Waals surface area (Å²) in [6.45, 7) is 0.